The highest BCUT2D eigenvalue weighted by molar-refractivity contribution is 5.76. The summed E-state index contributed by atoms with van der Waals surface area (Å²) >= 11 is 0. The van der Waals surface area contributed by atoms with Crippen LogP contribution in [0.5, 0.6) is 5.75 Å². The van der Waals surface area contributed by atoms with E-state index in [9.17, 15) is 4.79 Å². The van der Waals surface area contributed by atoms with Crippen LogP contribution in [0.1, 0.15) is 25.8 Å². The van der Waals surface area contributed by atoms with Crippen molar-refractivity contribution in [2.45, 2.75) is 26.7 Å². The lowest BCUT2D eigenvalue weighted by atomic mass is 10.1. The van der Waals surface area contributed by atoms with Crippen molar-refractivity contribution >= 4 is 5.91 Å². The summed E-state index contributed by atoms with van der Waals surface area (Å²) in [6, 6.07) is 8.04. The fourth-order valence-corrected chi connectivity index (χ4v) is 2.42. The Morgan fingerprint density at radius 3 is 2.71 bits per heavy atom. The zero-order valence-corrected chi connectivity index (χ0v) is 13.1. The van der Waals surface area contributed by atoms with Gasteiger partial charge in [0.15, 0.2) is 0 Å². The summed E-state index contributed by atoms with van der Waals surface area (Å²) in [5.41, 5.74) is 1.13. The van der Waals surface area contributed by atoms with Gasteiger partial charge in [-0.3, -0.25) is 4.79 Å². The molecule has 1 saturated heterocycles. The van der Waals surface area contributed by atoms with Gasteiger partial charge in [0.2, 0.25) is 5.91 Å². The summed E-state index contributed by atoms with van der Waals surface area (Å²) < 4.78 is 5.84. The van der Waals surface area contributed by atoms with Gasteiger partial charge in [-0.2, -0.15) is 0 Å². The number of carbonyl (C=O) groups excluding carboxylic acids is 1. The van der Waals surface area contributed by atoms with Crippen molar-refractivity contribution in [1.29, 1.82) is 0 Å². The Labute approximate surface area is 127 Å². The first kappa shape index (κ1) is 15.8. The van der Waals surface area contributed by atoms with Gasteiger partial charge in [0.05, 0.1) is 6.61 Å². The molecule has 4 heteroatoms. The van der Waals surface area contributed by atoms with E-state index in [0.29, 0.717) is 18.9 Å². The summed E-state index contributed by atoms with van der Waals surface area (Å²) in [6.45, 7) is 8.43. The van der Waals surface area contributed by atoms with E-state index in [4.69, 9.17) is 4.74 Å². The number of amides is 1. The first-order valence-electron chi connectivity index (χ1n) is 7.86. The van der Waals surface area contributed by atoms with Crippen molar-refractivity contribution in [3.63, 3.8) is 0 Å². The molecule has 116 valence electrons. The number of hydrogen-bond donors (Lipinski definition) is 1. The maximum Gasteiger partial charge on any atom is 0.222 e. The summed E-state index contributed by atoms with van der Waals surface area (Å²) in [5, 5.41) is 3.27. The number of nitrogens with zero attached hydrogens (tertiary/aromatic N) is 1. The van der Waals surface area contributed by atoms with Crippen molar-refractivity contribution in [2.75, 3.05) is 32.8 Å². The van der Waals surface area contributed by atoms with Crippen LogP contribution in [0.25, 0.3) is 0 Å². The van der Waals surface area contributed by atoms with E-state index < -0.39 is 0 Å². The van der Waals surface area contributed by atoms with Crippen LogP contribution >= 0.6 is 0 Å². The van der Waals surface area contributed by atoms with E-state index in [1.165, 1.54) is 0 Å². The van der Waals surface area contributed by atoms with Gasteiger partial charge < -0.3 is 15.0 Å². The third-order valence-electron chi connectivity index (χ3n) is 3.62. The van der Waals surface area contributed by atoms with E-state index in [1.54, 1.807) is 0 Å². The molecule has 0 radical (unpaired) electrons. The van der Waals surface area contributed by atoms with E-state index in [2.05, 4.69) is 25.2 Å². The van der Waals surface area contributed by atoms with Crippen LogP contribution in [0.15, 0.2) is 24.3 Å². The number of nitrogens with one attached hydrogen (secondary N) is 1. The van der Waals surface area contributed by atoms with E-state index in [-0.39, 0.29) is 5.91 Å². The van der Waals surface area contributed by atoms with Gasteiger partial charge in [-0.1, -0.05) is 32.0 Å². The fourth-order valence-electron chi connectivity index (χ4n) is 2.42. The number of aryl methyl sites for hydroxylation is 1. The number of hydrogen-bond acceptors (Lipinski definition) is 3. The molecule has 0 spiro atoms. The van der Waals surface area contributed by atoms with Gasteiger partial charge in [0.1, 0.15) is 5.75 Å². The van der Waals surface area contributed by atoms with Gasteiger partial charge in [0.25, 0.3) is 0 Å². The molecule has 0 unspecified atom stereocenters. The van der Waals surface area contributed by atoms with Crippen LogP contribution in [0.2, 0.25) is 0 Å². The van der Waals surface area contributed by atoms with Crippen molar-refractivity contribution in [1.82, 2.24) is 10.2 Å². The lowest BCUT2D eigenvalue weighted by molar-refractivity contribution is -0.131. The molecule has 1 aliphatic heterocycles. The molecule has 1 N–H and O–H groups in total. The molecule has 1 aromatic carbocycles. The van der Waals surface area contributed by atoms with Crippen molar-refractivity contribution in [3.8, 4) is 5.75 Å². The molecule has 0 aromatic heterocycles. The normalized spacial score (nSPS) is 15.3. The average molecular weight is 290 g/mol. The minimum atomic E-state index is 0.246. The lowest BCUT2D eigenvalue weighted by Crippen LogP contribution is -2.46. The summed E-state index contributed by atoms with van der Waals surface area (Å²) in [6.07, 6.45) is 1.30. The van der Waals surface area contributed by atoms with Gasteiger partial charge >= 0.3 is 0 Å². The van der Waals surface area contributed by atoms with Gasteiger partial charge in [-0.15, -0.1) is 0 Å². The summed E-state index contributed by atoms with van der Waals surface area (Å²) in [4.78, 5) is 14.2. The molecule has 1 amide bonds. The Bertz CT molecular complexity index is 454. The summed E-state index contributed by atoms with van der Waals surface area (Å²) in [5.74, 6) is 1.66. The Morgan fingerprint density at radius 1 is 1.29 bits per heavy atom. The quantitative estimate of drug-likeness (QED) is 0.872. The highest BCUT2D eigenvalue weighted by atomic mass is 16.5. The van der Waals surface area contributed by atoms with Crippen molar-refractivity contribution in [3.05, 3.63) is 29.8 Å². The number of benzene rings is 1. The second-order valence-corrected chi connectivity index (χ2v) is 5.94. The molecule has 2 rings (SSSR count). The van der Waals surface area contributed by atoms with Crippen LogP contribution in [0.4, 0.5) is 0 Å². The van der Waals surface area contributed by atoms with Gasteiger partial charge in [-0.05, 0) is 24.0 Å². The molecule has 4 nitrogen and oxygen atoms in total. The highest BCUT2D eigenvalue weighted by Gasteiger charge is 2.16. The maximum atomic E-state index is 12.2. The van der Waals surface area contributed by atoms with Gasteiger partial charge in [0, 0.05) is 32.6 Å². The molecule has 1 heterocycles. The number of piperazine rings is 1. The van der Waals surface area contributed by atoms with Crippen LogP contribution in [0.3, 0.4) is 0 Å². The first-order valence-corrected chi connectivity index (χ1v) is 7.86. The Kier molecular flexibility index (Phi) is 6.05. The smallest absolute Gasteiger partial charge is 0.222 e. The molecule has 21 heavy (non-hydrogen) atoms. The van der Waals surface area contributed by atoms with Crippen molar-refractivity contribution in [2.24, 2.45) is 5.92 Å². The zero-order chi connectivity index (χ0) is 15.1. The van der Waals surface area contributed by atoms with Crippen LogP contribution < -0.4 is 10.1 Å². The lowest BCUT2D eigenvalue weighted by Gasteiger charge is -2.27. The number of carbonyl (C=O) groups is 1. The van der Waals surface area contributed by atoms with E-state index in [0.717, 1.165) is 43.9 Å². The molecule has 0 atom stereocenters. The second-order valence-electron chi connectivity index (χ2n) is 5.94. The third kappa shape index (κ3) is 5.05. The zero-order valence-electron chi connectivity index (χ0n) is 13.1. The number of rotatable bonds is 6. The van der Waals surface area contributed by atoms with Crippen LogP contribution in [-0.4, -0.2) is 43.6 Å². The highest BCUT2D eigenvalue weighted by Crippen LogP contribution is 2.20. The molecule has 0 aliphatic carbocycles. The second kappa shape index (κ2) is 8.03. The van der Waals surface area contributed by atoms with Crippen LogP contribution in [0, 0.1) is 5.92 Å². The predicted molar refractivity (Wildman–Crippen MR) is 84.5 cm³/mol. The Balaban J connectivity index is 1.88. The SMILES string of the molecule is CC(C)COc1ccccc1CCC(=O)N1CCNCC1. The standard InChI is InChI=1S/C17H26N2O2/c1-14(2)13-21-16-6-4-3-5-15(16)7-8-17(20)19-11-9-18-10-12-19/h3-6,14,18H,7-13H2,1-2H3. The Hall–Kier alpha value is -1.55. The molecule has 0 bridgehead atoms. The minimum absolute atomic E-state index is 0.246. The van der Waals surface area contributed by atoms with Gasteiger partial charge in [-0.25, -0.2) is 0 Å². The average Bonchev–Trinajstić information content (AvgIpc) is 2.52. The minimum Gasteiger partial charge on any atom is -0.493 e. The van der Waals surface area contributed by atoms with E-state index in [1.807, 2.05) is 23.1 Å². The fraction of sp³-hybridized carbons (Fsp3) is 0.588. The van der Waals surface area contributed by atoms with Crippen LogP contribution in [-0.2, 0) is 11.2 Å². The molecular formula is C17H26N2O2. The maximum absolute atomic E-state index is 12.2. The first-order chi connectivity index (χ1) is 10.2. The number of ether oxygens (including phenoxy) is 1. The molecular weight excluding hydrogens is 264 g/mol. The monoisotopic (exact) mass is 290 g/mol. The number of para-hydroxylation sites is 1. The molecule has 1 aliphatic rings. The van der Waals surface area contributed by atoms with Crippen molar-refractivity contribution < 1.29 is 9.53 Å². The third-order valence-corrected chi connectivity index (χ3v) is 3.62. The van der Waals surface area contributed by atoms with E-state index >= 15 is 0 Å². The molecule has 0 saturated carbocycles. The summed E-state index contributed by atoms with van der Waals surface area (Å²) in [7, 11) is 0. The largest absolute Gasteiger partial charge is 0.493 e. The topological polar surface area (TPSA) is 41.6 Å². The Morgan fingerprint density at radius 2 is 2.00 bits per heavy atom. The molecule has 1 aromatic rings. The molecule has 1 fully saturated rings. The predicted octanol–water partition coefficient (Wildman–Crippen LogP) is 2.09.